The molecular formula is C24H26N4O2. The molecule has 2 heterocycles. The van der Waals surface area contributed by atoms with Gasteiger partial charge in [-0.1, -0.05) is 43.7 Å². The number of hydrogen-bond donors (Lipinski definition) is 1. The molecule has 30 heavy (non-hydrogen) atoms. The van der Waals surface area contributed by atoms with Crippen LogP contribution in [-0.4, -0.2) is 27.3 Å². The molecule has 0 atom stereocenters. The Hall–Kier alpha value is -3.41. The minimum absolute atomic E-state index is 0.0815. The van der Waals surface area contributed by atoms with Crippen LogP contribution < -0.4 is 10.1 Å². The molecule has 0 aliphatic rings. The normalized spacial score (nSPS) is 11.4. The van der Waals surface area contributed by atoms with Crippen LogP contribution in [0.5, 0.6) is 5.75 Å². The van der Waals surface area contributed by atoms with E-state index in [1.54, 1.807) is 0 Å². The third kappa shape index (κ3) is 4.27. The van der Waals surface area contributed by atoms with Gasteiger partial charge in [-0.25, -0.2) is 9.67 Å². The van der Waals surface area contributed by atoms with Crippen LogP contribution in [0.3, 0.4) is 0 Å². The fourth-order valence-electron chi connectivity index (χ4n) is 3.38. The number of ether oxygens (including phenoxy) is 1. The summed E-state index contributed by atoms with van der Waals surface area (Å²) in [7, 11) is 0. The van der Waals surface area contributed by atoms with Crippen molar-refractivity contribution in [3.05, 3.63) is 59.7 Å². The van der Waals surface area contributed by atoms with E-state index in [-0.39, 0.29) is 12.5 Å². The van der Waals surface area contributed by atoms with E-state index in [1.165, 1.54) is 0 Å². The molecule has 0 aliphatic heterocycles. The zero-order valence-corrected chi connectivity index (χ0v) is 17.8. The highest BCUT2D eigenvalue weighted by Crippen LogP contribution is 2.27. The molecular weight excluding hydrogens is 376 g/mol. The van der Waals surface area contributed by atoms with E-state index in [2.05, 4.69) is 43.3 Å². The average Bonchev–Trinajstić information content (AvgIpc) is 3.01. The predicted octanol–water partition coefficient (Wildman–Crippen LogP) is 4.87. The highest BCUT2D eigenvalue weighted by molar-refractivity contribution is 6.03. The first-order chi connectivity index (χ1) is 14.4. The van der Waals surface area contributed by atoms with Crippen molar-refractivity contribution in [2.75, 3.05) is 11.9 Å². The molecule has 2 aromatic heterocycles. The number of aromatic nitrogens is 3. The summed E-state index contributed by atoms with van der Waals surface area (Å²) in [6.07, 6.45) is 0. The second-order valence-corrected chi connectivity index (χ2v) is 8.13. The summed E-state index contributed by atoms with van der Waals surface area (Å²) >= 11 is 0. The summed E-state index contributed by atoms with van der Waals surface area (Å²) in [6, 6.07) is 15.8. The number of carbonyl (C=O) groups excluding carboxylic acids is 1. The van der Waals surface area contributed by atoms with Crippen molar-refractivity contribution in [3.8, 4) is 5.75 Å². The summed E-state index contributed by atoms with van der Waals surface area (Å²) < 4.78 is 7.47. The summed E-state index contributed by atoms with van der Waals surface area (Å²) in [5.41, 5.74) is 4.00. The Morgan fingerprint density at radius 2 is 1.80 bits per heavy atom. The monoisotopic (exact) mass is 402 g/mol. The van der Waals surface area contributed by atoms with Crippen LogP contribution in [0.25, 0.3) is 21.9 Å². The number of rotatable bonds is 6. The van der Waals surface area contributed by atoms with E-state index < -0.39 is 0 Å². The van der Waals surface area contributed by atoms with E-state index in [9.17, 15) is 4.79 Å². The third-order valence-corrected chi connectivity index (χ3v) is 4.86. The van der Waals surface area contributed by atoms with Crippen LogP contribution >= 0.6 is 0 Å². The van der Waals surface area contributed by atoms with Crippen molar-refractivity contribution in [1.29, 1.82) is 0 Å². The molecule has 0 fully saturated rings. The number of nitrogens with zero attached hydrogens (tertiary/aromatic N) is 3. The first kappa shape index (κ1) is 19.9. The van der Waals surface area contributed by atoms with Crippen molar-refractivity contribution < 1.29 is 9.53 Å². The van der Waals surface area contributed by atoms with Crippen molar-refractivity contribution in [2.45, 2.75) is 34.2 Å². The van der Waals surface area contributed by atoms with Gasteiger partial charge in [0.25, 0.3) is 5.91 Å². The lowest BCUT2D eigenvalue weighted by Crippen LogP contribution is -2.20. The SMILES string of the molecule is Cc1ccc(OCC(=O)Nc2nn(CC(C)C)c3nc4cc(C)ccc4cc23)cc1. The maximum atomic E-state index is 12.5. The number of fused-ring (bicyclic) bond motifs is 2. The van der Waals surface area contributed by atoms with Gasteiger partial charge in [-0.15, -0.1) is 0 Å². The number of amides is 1. The summed E-state index contributed by atoms with van der Waals surface area (Å²) in [5.74, 6) is 1.32. The third-order valence-electron chi connectivity index (χ3n) is 4.86. The number of benzene rings is 2. The second-order valence-electron chi connectivity index (χ2n) is 8.13. The van der Waals surface area contributed by atoms with Crippen molar-refractivity contribution in [1.82, 2.24) is 14.8 Å². The molecule has 4 aromatic rings. The summed E-state index contributed by atoms with van der Waals surface area (Å²) in [5, 5.41) is 9.40. The van der Waals surface area contributed by atoms with Crippen LogP contribution in [0, 0.1) is 19.8 Å². The molecule has 154 valence electrons. The molecule has 4 rings (SSSR count). The topological polar surface area (TPSA) is 69.0 Å². The maximum Gasteiger partial charge on any atom is 0.263 e. The Bertz CT molecular complexity index is 1210. The highest BCUT2D eigenvalue weighted by Gasteiger charge is 2.16. The Kier molecular flexibility index (Phi) is 5.40. The lowest BCUT2D eigenvalue weighted by molar-refractivity contribution is -0.118. The summed E-state index contributed by atoms with van der Waals surface area (Å²) in [4.78, 5) is 17.4. The minimum atomic E-state index is -0.254. The van der Waals surface area contributed by atoms with E-state index in [0.717, 1.165) is 39.6 Å². The van der Waals surface area contributed by atoms with Crippen LogP contribution in [0.15, 0.2) is 48.5 Å². The van der Waals surface area contributed by atoms with Crippen LogP contribution in [-0.2, 0) is 11.3 Å². The lowest BCUT2D eigenvalue weighted by Gasteiger charge is -2.06. The van der Waals surface area contributed by atoms with Gasteiger partial charge in [0.05, 0.1) is 10.9 Å². The Labute approximate surface area is 175 Å². The van der Waals surface area contributed by atoms with Crippen molar-refractivity contribution >= 4 is 33.7 Å². The smallest absolute Gasteiger partial charge is 0.263 e. The molecule has 0 saturated carbocycles. The van der Waals surface area contributed by atoms with Crippen LogP contribution in [0.1, 0.15) is 25.0 Å². The zero-order chi connectivity index (χ0) is 21.3. The maximum absolute atomic E-state index is 12.5. The predicted molar refractivity (Wildman–Crippen MR) is 120 cm³/mol. The number of hydrogen-bond acceptors (Lipinski definition) is 4. The van der Waals surface area contributed by atoms with Gasteiger partial charge in [0, 0.05) is 11.9 Å². The van der Waals surface area contributed by atoms with Gasteiger partial charge in [0.1, 0.15) is 5.75 Å². The van der Waals surface area contributed by atoms with E-state index in [4.69, 9.17) is 9.72 Å². The van der Waals surface area contributed by atoms with Gasteiger partial charge in [0.2, 0.25) is 0 Å². The highest BCUT2D eigenvalue weighted by atomic mass is 16.5. The van der Waals surface area contributed by atoms with Gasteiger partial charge >= 0.3 is 0 Å². The minimum Gasteiger partial charge on any atom is -0.484 e. The standard InChI is InChI=1S/C24H26N4O2/c1-15(2)13-28-24-20(12-18-8-5-17(4)11-21(18)25-24)23(27-28)26-22(29)14-30-19-9-6-16(3)7-10-19/h5-12,15H,13-14H2,1-4H3,(H,26,27,29). The molecule has 0 aliphatic carbocycles. The Balaban J connectivity index is 1.62. The average molecular weight is 402 g/mol. The Morgan fingerprint density at radius 1 is 1.07 bits per heavy atom. The molecule has 6 nitrogen and oxygen atoms in total. The molecule has 0 saturated heterocycles. The second kappa shape index (κ2) is 8.14. The fourth-order valence-corrected chi connectivity index (χ4v) is 3.38. The summed E-state index contributed by atoms with van der Waals surface area (Å²) in [6.45, 7) is 8.96. The largest absolute Gasteiger partial charge is 0.484 e. The Morgan fingerprint density at radius 3 is 2.53 bits per heavy atom. The zero-order valence-electron chi connectivity index (χ0n) is 17.8. The first-order valence-electron chi connectivity index (χ1n) is 10.2. The van der Waals surface area contributed by atoms with Gasteiger partial charge < -0.3 is 10.1 Å². The molecule has 0 unspecified atom stereocenters. The molecule has 0 bridgehead atoms. The van der Waals surface area contributed by atoms with Gasteiger partial charge in [-0.3, -0.25) is 4.79 Å². The quantitative estimate of drug-likeness (QED) is 0.499. The molecule has 0 spiro atoms. The lowest BCUT2D eigenvalue weighted by atomic mass is 10.1. The van der Waals surface area contributed by atoms with Gasteiger partial charge in [0.15, 0.2) is 18.1 Å². The van der Waals surface area contributed by atoms with Gasteiger partial charge in [-0.2, -0.15) is 5.10 Å². The molecule has 1 N–H and O–H groups in total. The van der Waals surface area contributed by atoms with Crippen molar-refractivity contribution in [2.24, 2.45) is 5.92 Å². The number of nitrogens with one attached hydrogen (secondary N) is 1. The number of aryl methyl sites for hydroxylation is 2. The van der Waals surface area contributed by atoms with Crippen LogP contribution in [0.4, 0.5) is 5.82 Å². The molecule has 2 aromatic carbocycles. The first-order valence-corrected chi connectivity index (χ1v) is 10.2. The molecule has 0 radical (unpaired) electrons. The fraction of sp³-hybridized carbons (Fsp3) is 0.292. The van der Waals surface area contributed by atoms with Crippen molar-refractivity contribution in [3.63, 3.8) is 0 Å². The molecule has 1 amide bonds. The van der Waals surface area contributed by atoms with E-state index in [1.807, 2.05) is 48.0 Å². The van der Waals surface area contributed by atoms with E-state index >= 15 is 0 Å². The molecule has 6 heteroatoms. The number of pyridine rings is 1. The number of anilines is 1. The number of carbonyl (C=O) groups is 1. The van der Waals surface area contributed by atoms with E-state index in [0.29, 0.717) is 17.5 Å². The van der Waals surface area contributed by atoms with Gasteiger partial charge in [-0.05, 0) is 49.6 Å². The van der Waals surface area contributed by atoms with Crippen LogP contribution in [0.2, 0.25) is 0 Å².